The third-order valence-corrected chi connectivity index (χ3v) is 5.72. The number of nitrogens with zero attached hydrogens (tertiary/aromatic N) is 4. The van der Waals surface area contributed by atoms with E-state index in [1.54, 1.807) is 10.9 Å². The molecular formula is C21H24N8O. The maximum Gasteiger partial charge on any atom is 0.275 e. The fourth-order valence-corrected chi connectivity index (χ4v) is 4.21. The van der Waals surface area contributed by atoms with Crippen LogP contribution in [0.15, 0.2) is 41.5 Å². The molecule has 154 valence electrons. The van der Waals surface area contributed by atoms with Crippen LogP contribution in [0.5, 0.6) is 0 Å². The highest BCUT2D eigenvalue weighted by Gasteiger charge is 2.22. The number of fused-ring (bicyclic) bond motifs is 2. The van der Waals surface area contributed by atoms with Gasteiger partial charge in [-0.1, -0.05) is 18.9 Å². The van der Waals surface area contributed by atoms with Crippen molar-refractivity contribution in [2.75, 3.05) is 10.6 Å². The summed E-state index contributed by atoms with van der Waals surface area (Å²) in [6, 6.07) is 7.93. The Bertz CT molecular complexity index is 1280. The molecule has 4 aromatic rings. The summed E-state index contributed by atoms with van der Waals surface area (Å²) in [6.45, 7) is 0. The van der Waals surface area contributed by atoms with Crippen LogP contribution in [0.25, 0.3) is 21.7 Å². The highest BCUT2D eigenvalue weighted by molar-refractivity contribution is 5.98. The topological polar surface area (TPSA) is 127 Å². The average molecular weight is 404 g/mol. The van der Waals surface area contributed by atoms with E-state index in [-0.39, 0.29) is 17.6 Å². The lowest BCUT2D eigenvalue weighted by atomic mass is 9.91. The zero-order valence-corrected chi connectivity index (χ0v) is 16.7. The zero-order valence-electron chi connectivity index (χ0n) is 16.7. The molecule has 2 atom stereocenters. The summed E-state index contributed by atoms with van der Waals surface area (Å²) in [5, 5.41) is 19.9. The molecule has 1 aliphatic rings. The van der Waals surface area contributed by atoms with Crippen LogP contribution in [0.1, 0.15) is 25.7 Å². The molecule has 1 unspecified atom stereocenters. The molecule has 9 nitrogen and oxygen atoms in total. The lowest BCUT2D eigenvalue weighted by Crippen LogP contribution is -2.42. The summed E-state index contributed by atoms with van der Waals surface area (Å²) in [5.74, 6) is 1.15. The minimum absolute atomic E-state index is 0.0918. The van der Waals surface area contributed by atoms with Gasteiger partial charge in [-0.25, -0.2) is 10.1 Å². The molecule has 0 amide bonds. The van der Waals surface area contributed by atoms with E-state index in [1.165, 1.54) is 0 Å². The van der Waals surface area contributed by atoms with E-state index in [9.17, 15) is 4.79 Å². The molecule has 1 aromatic carbocycles. The van der Waals surface area contributed by atoms with E-state index in [0.29, 0.717) is 22.4 Å². The molecular weight excluding hydrogens is 380 g/mol. The highest BCUT2D eigenvalue weighted by Crippen LogP contribution is 2.30. The van der Waals surface area contributed by atoms with Gasteiger partial charge in [0.15, 0.2) is 0 Å². The Kier molecular flexibility index (Phi) is 4.59. The molecule has 1 saturated carbocycles. The predicted molar refractivity (Wildman–Crippen MR) is 118 cm³/mol. The zero-order chi connectivity index (χ0) is 20.7. The van der Waals surface area contributed by atoms with Gasteiger partial charge in [-0.3, -0.25) is 9.48 Å². The number of aryl methyl sites for hydroxylation is 1. The van der Waals surface area contributed by atoms with E-state index in [1.807, 2.05) is 37.5 Å². The summed E-state index contributed by atoms with van der Waals surface area (Å²) in [7, 11) is 1.88. The maximum atomic E-state index is 12.6. The minimum atomic E-state index is -0.290. The normalized spacial score (nSPS) is 19.3. The van der Waals surface area contributed by atoms with Crippen molar-refractivity contribution in [3.8, 4) is 0 Å². The van der Waals surface area contributed by atoms with Crippen molar-refractivity contribution in [1.29, 1.82) is 0 Å². The highest BCUT2D eigenvalue weighted by atomic mass is 16.1. The van der Waals surface area contributed by atoms with Gasteiger partial charge < -0.3 is 16.4 Å². The maximum absolute atomic E-state index is 12.6. The molecule has 30 heavy (non-hydrogen) atoms. The predicted octanol–water partition coefficient (Wildman–Crippen LogP) is 2.63. The number of aromatic nitrogens is 5. The summed E-state index contributed by atoms with van der Waals surface area (Å²) in [6.07, 6.45) is 7.89. The fraction of sp³-hybridized carbons (Fsp3) is 0.333. The molecule has 0 radical (unpaired) electrons. The molecule has 3 heterocycles. The molecule has 9 heteroatoms. The Morgan fingerprint density at radius 3 is 3.00 bits per heavy atom. The van der Waals surface area contributed by atoms with E-state index in [4.69, 9.17) is 10.7 Å². The van der Waals surface area contributed by atoms with Crippen LogP contribution in [0.4, 0.5) is 17.3 Å². The van der Waals surface area contributed by atoms with E-state index >= 15 is 0 Å². The SMILES string of the molecule is Cn1cc2c(Nc3nc(NC4CCCC[C@@H]4N)cc4cn[nH]c(=O)c34)cccc2n1. The first-order valence-corrected chi connectivity index (χ1v) is 10.2. The molecule has 0 aliphatic heterocycles. The van der Waals surface area contributed by atoms with Crippen LogP contribution in [0.3, 0.4) is 0 Å². The van der Waals surface area contributed by atoms with Gasteiger partial charge >= 0.3 is 0 Å². The number of benzene rings is 1. The van der Waals surface area contributed by atoms with Crippen molar-refractivity contribution >= 4 is 39.0 Å². The number of aromatic amines is 1. The number of nitrogens with two attached hydrogens (primary N) is 1. The summed E-state index contributed by atoms with van der Waals surface area (Å²) in [4.78, 5) is 17.3. The lowest BCUT2D eigenvalue weighted by molar-refractivity contribution is 0.403. The van der Waals surface area contributed by atoms with Crippen LogP contribution in [-0.2, 0) is 7.05 Å². The Morgan fingerprint density at radius 1 is 1.27 bits per heavy atom. The molecule has 1 fully saturated rings. The molecule has 5 N–H and O–H groups in total. The van der Waals surface area contributed by atoms with Crippen molar-refractivity contribution < 1.29 is 0 Å². The van der Waals surface area contributed by atoms with Crippen LogP contribution in [-0.4, -0.2) is 37.0 Å². The first-order chi connectivity index (χ1) is 14.6. The van der Waals surface area contributed by atoms with Gasteiger partial charge in [0.1, 0.15) is 11.6 Å². The molecule has 0 bridgehead atoms. The van der Waals surface area contributed by atoms with E-state index in [0.717, 1.165) is 42.3 Å². The Balaban J connectivity index is 1.59. The van der Waals surface area contributed by atoms with Crippen molar-refractivity contribution in [3.05, 3.63) is 47.0 Å². The third-order valence-electron chi connectivity index (χ3n) is 5.72. The Labute approximate surface area is 172 Å². The van der Waals surface area contributed by atoms with Gasteiger partial charge in [0.25, 0.3) is 5.56 Å². The van der Waals surface area contributed by atoms with Crippen molar-refractivity contribution in [3.63, 3.8) is 0 Å². The summed E-state index contributed by atoms with van der Waals surface area (Å²) in [5.41, 5.74) is 7.71. The van der Waals surface area contributed by atoms with E-state index in [2.05, 4.69) is 25.9 Å². The summed E-state index contributed by atoms with van der Waals surface area (Å²) < 4.78 is 1.76. The fourth-order valence-electron chi connectivity index (χ4n) is 4.21. The Hall–Kier alpha value is -3.46. The number of hydrogen-bond acceptors (Lipinski definition) is 7. The van der Waals surface area contributed by atoms with Gasteiger partial charge in [-0.05, 0) is 31.0 Å². The number of rotatable bonds is 4. The van der Waals surface area contributed by atoms with Gasteiger partial charge in [-0.15, -0.1) is 0 Å². The number of nitrogens with one attached hydrogen (secondary N) is 3. The smallest absolute Gasteiger partial charge is 0.275 e. The number of anilines is 3. The van der Waals surface area contributed by atoms with Crippen molar-refractivity contribution in [1.82, 2.24) is 25.0 Å². The monoisotopic (exact) mass is 404 g/mol. The summed E-state index contributed by atoms with van der Waals surface area (Å²) >= 11 is 0. The largest absolute Gasteiger partial charge is 0.366 e. The van der Waals surface area contributed by atoms with Crippen LogP contribution < -0.4 is 21.9 Å². The molecule has 1 aliphatic carbocycles. The van der Waals surface area contributed by atoms with Crippen LogP contribution in [0.2, 0.25) is 0 Å². The van der Waals surface area contributed by atoms with Gasteiger partial charge in [-0.2, -0.15) is 10.2 Å². The first kappa shape index (κ1) is 18.6. The standard InChI is InChI=1S/C21H24N8O/c1-29-11-13-15(7-4-8-16(13)28-29)25-20-19-12(10-23-27-21(19)30)9-18(26-20)24-17-6-3-2-5-14(17)22/h4,7-11,14,17H,2-3,5-6,22H2,1H3,(H,27,30)(H2,24,25,26)/t14-,17?/m0/s1. The first-order valence-electron chi connectivity index (χ1n) is 10.2. The second-order valence-corrected chi connectivity index (χ2v) is 7.88. The van der Waals surface area contributed by atoms with Crippen LogP contribution >= 0.6 is 0 Å². The minimum Gasteiger partial charge on any atom is -0.366 e. The molecule has 3 aromatic heterocycles. The second-order valence-electron chi connectivity index (χ2n) is 7.88. The van der Waals surface area contributed by atoms with Crippen LogP contribution in [0, 0.1) is 0 Å². The number of hydrogen-bond donors (Lipinski definition) is 4. The van der Waals surface area contributed by atoms with Gasteiger partial charge in [0.05, 0.1) is 22.8 Å². The number of pyridine rings is 1. The lowest BCUT2D eigenvalue weighted by Gasteiger charge is -2.30. The number of H-pyrrole nitrogens is 1. The van der Waals surface area contributed by atoms with Gasteiger partial charge in [0, 0.05) is 36.1 Å². The van der Waals surface area contributed by atoms with Crippen molar-refractivity contribution in [2.45, 2.75) is 37.8 Å². The van der Waals surface area contributed by atoms with E-state index < -0.39 is 0 Å². The average Bonchev–Trinajstić information content (AvgIpc) is 3.11. The quantitative estimate of drug-likeness (QED) is 0.412. The third kappa shape index (κ3) is 3.37. The van der Waals surface area contributed by atoms with Gasteiger partial charge in [0.2, 0.25) is 0 Å². The van der Waals surface area contributed by atoms with Crippen molar-refractivity contribution in [2.24, 2.45) is 12.8 Å². The molecule has 5 rings (SSSR count). The molecule has 0 spiro atoms. The molecule has 0 saturated heterocycles. The Morgan fingerprint density at radius 2 is 2.13 bits per heavy atom. The second kappa shape index (κ2) is 7.42.